The Morgan fingerprint density at radius 2 is 1.79 bits per heavy atom. The topological polar surface area (TPSA) is 105 Å². The number of hydrogen-bond acceptors (Lipinski definition) is 4. The lowest BCUT2D eigenvalue weighted by Crippen LogP contribution is -2.43. The molecule has 7 heteroatoms. The van der Waals surface area contributed by atoms with Gasteiger partial charge in [0, 0.05) is 12.2 Å². The second kappa shape index (κ2) is 7.49. The van der Waals surface area contributed by atoms with Crippen LogP contribution in [0, 0.1) is 0 Å². The molecule has 19 heavy (non-hydrogen) atoms. The maximum Gasteiger partial charge on any atom is 0.328 e. The van der Waals surface area contributed by atoms with Crippen LogP contribution >= 0.6 is 0 Å². The summed E-state index contributed by atoms with van der Waals surface area (Å²) in [4.78, 5) is 32.4. The molecule has 2 amide bonds. The van der Waals surface area contributed by atoms with Crippen molar-refractivity contribution >= 4 is 17.8 Å². The van der Waals surface area contributed by atoms with Gasteiger partial charge >= 0.3 is 5.97 Å². The molecule has 0 aliphatic heterocycles. The van der Waals surface area contributed by atoms with Gasteiger partial charge in [-0.3, -0.25) is 20.4 Å². The van der Waals surface area contributed by atoms with Crippen LogP contribution in [0.15, 0.2) is 42.5 Å². The van der Waals surface area contributed by atoms with E-state index in [0.717, 1.165) is 6.08 Å². The first kappa shape index (κ1) is 14.2. The Hall–Kier alpha value is -2.83. The van der Waals surface area contributed by atoms with E-state index in [-0.39, 0.29) is 6.61 Å². The van der Waals surface area contributed by atoms with Crippen molar-refractivity contribution in [3.05, 3.63) is 42.5 Å². The van der Waals surface area contributed by atoms with E-state index in [1.54, 1.807) is 24.3 Å². The summed E-state index contributed by atoms with van der Waals surface area (Å²) in [5.74, 6) is -2.06. The van der Waals surface area contributed by atoms with Crippen molar-refractivity contribution in [1.82, 2.24) is 10.9 Å². The number of carbonyl (C=O) groups excluding carboxylic acids is 2. The quantitative estimate of drug-likeness (QED) is 0.507. The van der Waals surface area contributed by atoms with Crippen LogP contribution in [0.4, 0.5) is 0 Å². The largest absolute Gasteiger partial charge is 0.484 e. The summed E-state index contributed by atoms with van der Waals surface area (Å²) >= 11 is 0. The number of rotatable bonds is 5. The first-order chi connectivity index (χ1) is 9.08. The standard InChI is InChI=1S/C12H12N2O5/c15-10(6-7-12(17)18)13-14-11(16)8-19-9-4-2-1-3-5-9/h1-7H,8H2,(H,13,15)(H,14,16)(H,17,18). The average Bonchev–Trinajstić information content (AvgIpc) is 2.41. The molecule has 0 saturated carbocycles. The van der Waals surface area contributed by atoms with Gasteiger partial charge in [0.05, 0.1) is 0 Å². The lowest BCUT2D eigenvalue weighted by atomic mass is 10.3. The van der Waals surface area contributed by atoms with Gasteiger partial charge in [0.25, 0.3) is 11.8 Å². The average molecular weight is 264 g/mol. The molecule has 0 radical (unpaired) electrons. The Kier molecular flexibility index (Phi) is 5.61. The number of carboxylic acids is 1. The number of carboxylic acid groups (broad SMARTS) is 1. The van der Waals surface area contributed by atoms with Gasteiger partial charge in [-0.1, -0.05) is 18.2 Å². The molecule has 0 heterocycles. The van der Waals surface area contributed by atoms with E-state index in [1.807, 2.05) is 11.5 Å². The summed E-state index contributed by atoms with van der Waals surface area (Å²) in [6, 6.07) is 8.68. The molecule has 0 unspecified atom stereocenters. The first-order valence-electron chi connectivity index (χ1n) is 5.25. The molecule has 1 aromatic rings. The highest BCUT2D eigenvalue weighted by Crippen LogP contribution is 2.07. The number of carbonyl (C=O) groups is 3. The molecule has 0 aliphatic rings. The molecule has 0 fully saturated rings. The number of ether oxygens (including phenoxy) is 1. The Balaban J connectivity index is 2.25. The van der Waals surface area contributed by atoms with Gasteiger partial charge in [0.2, 0.25) is 0 Å². The molecule has 1 aromatic carbocycles. The number of aliphatic carboxylic acids is 1. The number of para-hydroxylation sites is 1. The van der Waals surface area contributed by atoms with Crippen LogP contribution in [0.5, 0.6) is 5.75 Å². The predicted octanol–water partition coefficient (Wildman–Crippen LogP) is -0.146. The monoisotopic (exact) mass is 264 g/mol. The molecule has 0 saturated heterocycles. The van der Waals surface area contributed by atoms with E-state index in [1.165, 1.54) is 0 Å². The highest BCUT2D eigenvalue weighted by atomic mass is 16.5. The molecular formula is C12H12N2O5. The van der Waals surface area contributed by atoms with Crippen molar-refractivity contribution in [3.8, 4) is 5.75 Å². The minimum Gasteiger partial charge on any atom is -0.484 e. The minimum absolute atomic E-state index is 0.271. The molecule has 0 spiro atoms. The van der Waals surface area contributed by atoms with Gasteiger partial charge in [-0.05, 0) is 12.1 Å². The highest BCUT2D eigenvalue weighted by molar-refractivity contribution is 5.94. The maximum atomic E-state index is 11.3. The van der Waals surface area contributed by atoms with Crippen LogP contribution in [0.3, 0.4) is 0 Å². The maximum absolute atomic E-state index is 11.3. The third-order valence-electron chi connectivity index (χ3n) is 1.82. The summed E-state index contributed by atoms with van der Waals surface area (Å²) in [6.07, 6.45) is 1.43. The third-order valence-corrected chi connectivity index (χ3v) is 1.82. The second-order valence-corrected chi connectivity index (χ2v) is 3.31. The van der Waals surface area contributed by atoms with Crippen LogP contribution in [-0.2, 0) is 14.4 Å². The van der Waals surface area contributed by atoms with Crippen molar-refractivity contribution in [1.29, 1.82) is 0 Å². The SMILES string of the molecule is O=C(O)C=CC(=O)NNC(=O)COc1ccccc1. The Bertz CT molecular complexity index is 484. The molecule has 0 aromatic heterocycles. The summed E-state index contributed by atoms with van der Waals surface area (Å²) in [5.41, 5.74) is 4.07. The van der Waals surface area contributed by atoms with E-state index in [2.05, 4.69) is 5.43 Å². The van der Waals surface area contributed by atoms with Gasteiger partial charge in [0.15, 0.2) is 6.61 Å². The van der Waals surface area contributed by atoms with Gasteiger partial charge in [-0.2, -0.15) is 0 Å². The smallest absolute Gasteiger partial charge is 0.328 e. The highest BCUT2D eigenvalue weighted by Gasteiger charge is 2.03. The van der Waals surface area contributed by atoms with Crippen molar-refractivity contribution < 1.29 is 24.2 Å². The molecule has 0 atom stereocenters. The van der Waals surface area contributed by atoms with Crippen molar-refractivity contribution in [2.24, 2.45) is 0 Å². The van der Waals surface area contributed by atoms with Crippen LogP contribution in [0.25, 0.3) is 0 Å². The predicted molar refractivity (Wildman–Crippen MR) is 65.0 cm³/mol. The van der Waals surface area contributed by atoms with E-state index in [4.69, 9.17) is 9.84 Å². The van der Waals surface area contributed by atoms with Gasteiger partial charge < -0.3 is 9.84 Å². The van der Waals surface area contributed by atoms with Crippen LogP contribution in [-0.4, -0.2) is 29.5 Å². The zero-order valence-electron chi connectivity index (χ0n) is 9.83. The third kappa shape index (κ3) is 6.47. The van der Waals surface area contributed by atoms with Crippen molar-refractivity contribution in [2.75, 3.05) is 6.61 Å². The van der Waals surface area contributed by atoms with Crippen LogP contribution in [0.1, 0.15) is 0 Å². The zero-order valence-corrected chi connectivity index (χ0v) is 9.83. The van der Waals surface area contributed by atoms with E-state index < -0.39 is 17.8 Å². The summed E-state index contributed by atoms with van der Waals surface area (Å²) in [5, 5.41) is 8.28. The van der Waals surface area contributed by atoms with E-state index in [0.29, 0.717) is 11.8 Å². The summed E-state index contributed by atoms with van der Waals surface area (Å²) < 4.78 is 5.12. The van der Waals surface area contributed by atoms with Crippen molar-refractivity contribution in [3.63, 3.8) is 0 Å². The van der Waals surface area contributed by atoms with Crippen LogP contribution < -0.4 is 15.6 Å². The summed E-state index contributed by atoms with van der Waals surface area (Å²) in [7, 11) is 0. The Morgan fingerprint density at radius 3 is 2.42 bits per heavy atom. The second-order valence-electron chi connectivity index (χ2n) is 3.31. The van der Waals surface area contributed by atoms with Gasteiger partial charge in [-0.25, -0.2) is 4.79 Å². The number of hydrazine groups is 1. The fourth-order valence-electron chi connectivity index (χ4n) is 1.02. The van der Waals surface area contributed by atoms with Crippen LogP contribution in [0.2, 0.25) is 0 Å². The Morgan fingerprint density at radius 1 is 1.11 bits per heavy atom. The normalized spacial score (nSPS) is 9.89. The fraction of sp³-hybridized carbons (Fsp3) is 0.0833. The molecule has 7 nitrogen and oxygen atoms in total. The summed E-state index contributed by atoms with van der Waals surface area (Å²) in [6.45, 7) is -0.271. The molecule has 1 rings (SSSR count). The lowest BCUT2D eigenvalue weighted by Gasteiger charge is -2.07. The first-order valence-corrected chi connectivity index (χ1v) is 5.25. The molecule has 3 N–H and O–H groups in total. The molecule has 0 bridgehead atoms. The molecule has 0 aliphatic carbocycles. The van der Waals surface area contributed by atoms with E-state index in [9.17, 15) is 14.4 Å². The van der Waals surface area contributed by atoms with Gasteiger partial charge in [-0.15, -0.1) is 0 Å². The number of nitrogens with one attached hydrogen (secondary N) is 2. The number of benzene rings is 1. The fourth-order valence-corrected chi connectivity index (χ4v) is 1.02. The number of amides is 2. The zero-order chi connectivity index (χ0) is 14.1. The molecule has 100 valence electrons. The molecular weight excluding hydrogens is 252 g/mol. The minimum atomic E-state index is -1.26. The lowest BCUT2D eigenvalue weighted by molar-refractivity contribution is -0.131. The van der Waals surface area contributed by atoms with E-state index >= 15 is 0 Å². The van der Waals surface area contributed by atoms with Crippen molar-refractivity contribution in [2.45, 2.75) is 0 Å². The Labute approximate surface area is 108 Å². The van der Waals surface area contributed by atoms with Gasteiger partial charge in [0.1, 0.15) is 5.75 Å². The number of hydrogen-bond donors (Lipinski definition) is 3.